The van der Waals surface area contributed by atoms with Gasteiger partial charge in [-0.3, -0.25) is 4.79 Å². The Bertz CT molecular complexity index is 658. The summed E-state index contributed by atoms with van der Waals surface area (Å²) < 4.78 is 18.2. The Kier molecular flexibility index (Phi) is 5.49. The molecule has 0 aliphatic carbocycles. The lowest BCUT2D eigenvalue weighted by atomic mass is 10.1. The summed E-state index contributed by atoms with van der Waals surface area (Å²) in [5.74, 6) is 0.0965. The SMILES string of the molecule is COc1ccc(NC(=O)CCc2cccc(F)c2)cc1CO. The van der Waals surface area contributed by atoms with E-state index in [0.29, 0.717) is 23.4 Å². The standard InChI is InChI=1S/C17H18FNO3/c1-22-16-7-6-15(10-13(16)11-20)19-17(21)8-5-12-3-2-4-14(18)9-12/h2-4,6-7,9-10,20H,5,8,11H2,1H3,(H,19,21). The Morgan fingerprint density at radius 3 is 2.77 bits per heavy atom. The maximum absolute atomic E-state index is 13.1. The van der Waals surface area contributed by atoms with Crippen molar-refractivity contribution in [1.29, 1.82) is 0 Å². The molecule has 2 aromatic rings. The first kappa shape index (κ1) is 16.0. The number of nitrogens with one attached hydrogen (secondary N) is 1. The molecule has 5 heteroatoms. The molecule has 0 spiro atoms. The summed E-state index contributed by atoms with van der Waals surface area (Å²) in [7, 11) is 1.52. The van der Waals surface area contributed by atoms with E-state index in [2.05, 4.69) is 5.32 Å². The van der Waals surface area contributed by atoms with Crippen LogP contribution in [0.2, 0.25) is 0 Å². The summed E-state index contributed by atoms with van der Waals surface area (Å²) in [4.78, 5) is 11.9. The molecule has 0 fully saturated rings. The number of amides is 1. The Labute approximate surface area is 128 Å². The van der Waals surface area contributed by atoms with Crippen LogP contribution >= 0.6 is 0 Å². The number of carbonyl (C=O) groups is 1. The topological polar surface area (TPSA) is 58.6 Å². The average Bonchev–Trinajstić information content (AvgIpc) is 2.53. The normalized spacial score (nSPS) is 10.3. The maximum Gasteiger partial charge on any atom is 0.224 e. The lowest BCUT2D eigenvalue weighted by Crippen LogP contribution is -2.12. The smallest absolute Gasteiger partial charge is 0.224 e. The van der Waals surface area contributed by atoms with E-state index in [0.717, 1.165) is 5.56 Å². The van der Waals surface area contributed by atoms with Crippen LogP contribution in [0.1, 0.15) is 17.5 Å². The van der Waals surface area contributed by atoms with Gasteiger partial charge in [0, 0.05) is 17.7 Å². The van der Waals surface area contributed by atoms with Gasteiger partial charge in [0.05, 0.1) is 13.7 Å². The number of aryl methyl sites for hydroxylation is 1. The molecule has 0 aromatic heterocycles. The highest BCUT2D eigenvalue weighted by Gasteiger charge is 2.07. The van der Waals surface area contributed by atoms with E-state index >= 15 is 0 Å². The molecule has 2 rings (SSSR count). The Morgan fingerprint density at radius 1 is 1.27 bits per heavy atom. The van der Waals surface area contributed by atoms with E-state index in [9.17, 15) is 14.3 Å². The van der Waals surface area contributed by atoms with E-state index in [1.54, 1.807) is 30.3 Å². The number of aliphatic hydroxyl groups is 1. The van der Waals surface area contributed by atoms with Gasteiger partial charge in [-0.25, -0.2) is 4.39 Å². The number of rotatable bonds is 6. The van der Waals surface area contributed by atoms with Gasteiger partial charge in [0.2, 0.25) is 5.91 Å². The molecule has 1 amide bonds. The lowest BCUT2D eigenvalue weighted by molar-refractivity contribution is -0.116. The highest BCUT2D eigenvalue weighted by Crippen LogP contribution is 2.22. The van der Waals surface area contributed by atoms with E-state index in [-0.39, 0.29) is 24.8 Å². The highest BCUT2D eigenvalue weighted by molar-refractivity contribution is 5.91. The second-order valence-corrected chi connectivity index (χ2v) is 4.86. The summed E-state index contributed by atoms with van der Waals surface area (Å²) in [6.07, 6.45) is 0.719. The summed E-state index contributed by atoms with van der Waals surface area (Å²) in [5.41, 5.74) is 1.97. The fraction of sp³-hybridized carbons (Fsp3) is 0.235. The van der Waals surface area contributed by atoms with E-state index in [1.807, 2.05) is 0 Å². The van der Waals surface area contributed by atoms with Gasteiger partial charge in [0.15, 0.2) is 0 Å². The first-order valence-electron chi connectivity index (χ1n) is 6.94. The number of hydrogen-bond donors (Lipinski definition) is 2. The molecule has 0 aliphatic heterocycles. The second-order valence-electron chi connectivity index (χ2n) is 4.86. The molecule has 22 heavy (non-hydrogen) atoms. The number of methoxy groups -OCH3 is 1. The number of aliphatic hydroxyl groups excluding tert-OH is 1. The average molecular weight is 303 g/mol. The first-order valence-corrected chi connectivity index (χ1v) is 6.94. The van der Waals surface area contributed by atoms with Crippen LogP contribution < -0.4 is 10.1 Å². The van der Waals surface area contributed by atoms with Crippen molar-refractivity contribution >= 4 is 11.6 Å². The summed E-state index contributed by atoms with van der Waals surface area (Å²) in [6.45, 7) is -0.170. The molecule has 0 saturated heterocycles. The van der Waals surface area contributed by atoms with E-state index in [1.165, 1.54) is 19.2 Å². The minimum atomic E-state index is -0.305. The van der Waals surface area contributed by atoms with Crippen molar-refractivity contribution in [3.05, 3.63) is 59.4 Å². The second kappa shape index (κ2) is 7.56. The van der Waals surface area contributed by atoms with Gasteiger partial charge < -0.3 is 15.2 Å². The summed E-state index contributed by atoms with van der Waals surface area (Å²) in [5, 5.41) is 12.0. The van der Waals surface area contributed by atoms with Crippen molar-refractivity contribution < 1.29 is 19.0 Å². The summed E-state index contributed by atoms with van der Waals surface area (Å²) in [6, 6.07) is 11.3. The van der Waals surface area contributed by atoms with Gasteiger partial charge in [-0.1, -0.05) is 12.1 Å². The third kappa shape index (κ3) is 4.30. The predicted octanol–water partition coefficient (Wildman–Crippen LogP) is 2.90. The van der Waals surface area contributed by atoms with Crippen LogP contribution in [0.4, 0.5) is 10.1 Å². The molecule has 0 radical (unpaired) electrons. The minimum Gasteiger partial charge on any atom is -0.496 e. The van der Waals surface area contributed by atoms with E-state index < -0.39 is 0 Å². The van der Waals surface area contributed by atoms with Crippen LogP contribution in [0.3, 0.4) is 0 Å². The molecule has 2 aromatic carbocycles. The molecule has 0 bridgehead atoms. The van der Waals surface area contributed by atoms with Crippen LogP contribution in [0.25, 0.3) is 0 Å². The molecule has 0 aliphatic rings. The number of carbonyl (C=O) groups excluding carboxylic acids is 1. The molecule has 0 saturated carbocycles. The van der Waals surface area contributed by atoms with Crippen molar-refractivity contribution in [2.75, 3.05) is 12.4 Å². The van der Waals surface area contributed by atoms with Crippen molar-refractivity contribution in [1.82, 2.24) is 0 Å². The quantitative estimate of drug-likeness (QED) is 0.862. The molecular formula is C17H18FNO3. The molecule has 0 unspecified atom stereocenters. The fourth-order valence-electron chi connectivity index (χ4n) is 2.15. The highest BCUT2D eigenvalue weighted by atomic mass is 19.1. The van der Waals surface area contributed by atoms with Gasteiger partial charge in [0.25, 0.3) is 0 Å². The maximum atomic E-state index is 13.1. The number of anilines is 1. The molecule has 4 nitrogen and oxygen atoms in total. The fourth-order valence-corrected chi connectivity index (χ4v) is 2.15. The van der Waals surface area contributed by atoms with Crippen molar-refractivity contribution in [3.8, 4) is 5.75 Å². The number of hydrogen-bond acceptors (Lipinski definition) is 3. The Balaban J connectivity index is 1.94. The molecule has 116 valence electrons. The number of benzene rings is 2. The zero-order chi connectivity index (χ0) is 15.9. The molecular weight excluding hydrogens is 285 g/mol. The predicted molar refractivity (Wildman–Crippen MR) is 82.3 cm³/mol. The third-order valence-corrected chi connectivity index (χ3v) is 3.26. The van der Waals surface area contributed by atoms with Crippen molar-refractivity contribution in [2.45, 2.75) is 19.4 Å². The molecule has 2 N–H and O–H groups in total. The van der Waals surface area contributed by atoms with Crippen LogP contribution in [0.15, 0.2) is 42.5 Å². The van der Waals surface area contributed by atoms with Crippen molar-refractivity contribution in [3.63, 3.8) is 0 Å². The Hall–Kier alpha value is -2.40. The number of ether oxygens (including phenoxy) is 1. The van der Waals surface area contributed by atoms with Gasteiger partial charge in [0.1, 0.15) is 11.6 Å². The van der Waals surface area contributed by atoms with Gasteiger partial charge in [-0.15, -0.1) is 0 Å². The van der Waals surface area contributed by atoms with Crippen LogP contribution in [0, 0.1) is 5.82 Å². The van der Waals surface area contributed by atoms with Gasteiger partial charge in [-0.2, -0.15) is 0 Å². The third-order valence-electron chi connectivity index (χ3n) is 3.26. The minimum absolute atomic E-state index is 0.168. The molecule has 0 heterocycles. The first-order chi connectivity index (χ1) is 10.6. The van der Waals surface area contributed by atoms with Crippen LogP contribution in [0.5, 0.6) is 5.75 Å². The number of halogens is 1. The van der Waals surface area contributed by atoms with Gasteiger partial charge >= 0.3 is 0 Å². The van der Waals surface area contributed by atoms with Crippen LogP contribution in [-0.2, 0) is 17.8 Å². The van der Waals surface area contributed by atoms with Gasteiger partial charge in [-0.05, 0) is 42.3 Å². The zero-order valence-corrected chi connectivity index (χ0v) is 12.3. The Morgan fingerprint density at radius 2 is 2.09 bits per heavy atom. The largest absolute Gasteiger partial charge is 0.496 e. The monoisotopic (exact) mass is 303 g/mol. The summed E-state index contributed by atoms with van der Waals surface area (Å²) >= 11 is 0. The lowest BCUT2D eigenvalue weighted by Gasteiger charge is -2.10. The van der Waals surface area contributed by atoms with Crippen LogP contribution in [-0.4, -0.2) is 18.1 Å². The van der Waals surface area contributed by atoms with Crippen molar-refractivity contribution in [2.24, 2.45) is 0 Å². The zero-order valence-electron chi connectivity index (χ0n) is 12.3. The molecule has 0 atom stereocenters. The van der Waals surface area contributed by atoms with E-state index in [4.69, 9.17) is 4.74 Å².